The number of H-pyrrole nitrogens is 1. The second kappa shape index (κ2) is 5.16. The van der Waals surface area contributed by atoms with Gasteiger partial charge < -0.3 is 9.72 Å². The first kappa shape index (κ1) is 14.4. The fourth-order valence-electron chi connectivity index (χ4n) is 1.89. The molecule has 0 amide bonds. The molecule has 2 rings (SSSR count). The summed E-state index contributed by atoms with van der Waals surface area (Å²) in [7, 11) is -2.24. The van der Waals surface area contributed by atoms with Crippen LogP contribution in [0.3, 0.4) is 0 Å². The van der Waals surface area contributed by atoms with Crippen molar-refractivity contribution in [2.24, 2.45) is 0 Å². The summed E-state index contributed by atoms with van der Waals surface area (Å²) in [5, 5.41) is 0.641. The summed E-state index contributed by atoms with van der Waals surface area (Å²) in [5.74, 6) is -0.695. The Labute approximate surface area is 117 Å². The number of hydrogen-bond acceptors (Lipinski definition) is 4. The van der Waals surface area contributed by atoms with Crippen LogP contribution >= 0.6 is 0 Å². The van der Waals surface area contributed by atoms with E-state index in [1.165, 1.54) is 14.0 Å². The Morgan fingerprint density at radius 3 is 2.70 bits per heavy atom. The van der Waals surface area contributed by atoms with Gasteiger partial charge in [-0.1, -0.05) is 11.6 Å². The van der Waals surface area contributed by atoms with Gasteiger partial charge >= 0.3 is 5.97 Å². The standard InChI is InChI=1S/C13H16N2O4S/c1-4-20(17,18)15-11-9-7-8(2)5-6-10(9)14-12(11)13(16)19-3/h5-7,14-15H,4H2,1-3H3. The molecule has 1 aromatic carbocycles. The van der Waals surface area contributed by atoms with E-state index in [1.807, 2.05) is 19.1 Å². The van der Waals surface area contributed by atoms with E-state index < -0.39 is 16.0 Å². The Kier molecular flexibility index (Phi) is 3.71. The van der Waals surface area contributed by atoms with Gasteiger partial charge in [-0.15, -0.1) is 0 Å². The Balaban J connectivity index is 2.69. The quantitative estimate of drug-likeness (QED) is 0.845. The van der Waals surface area contributed by atoms with Gasteiger partial charge in [-0.05, 0) is 26.0 Å². The van der Waals surface area contributed by atoms with Crippen LogP contribution in [0.5, 0.6) is 0 Å². The maximum atomic E-state index is 11.8. The largest absolute Gasteiger partial charge is 0.464 e. The number of carbonyl (C=O) groups is 1. The molecule has 0 saturated heterocycles. The molecular weight excluding hydrogens is 280 g/mol. The number of sulfonamides is 1. The number of benzene rings is 1. The zero-order chi connectivity index (χ0) is 14.9. The Hall–Kier alpha value is -2.02. The number of esters is 1. The van der Waals surface area contributed by atoms with Gasteiger partial charge in [0.05, 0.1) is 18.6 Å². The van der Waals surface area contributed by atoms with E-state index in [0.717, 1.165) is 5.56 Å². The first-order valence-electron chi connectivity index (χ1n) is 6.09. The molecule has 0 radical (unpaired) electrons. The molecule has 108 valence electrons. The molecule has 0 aliphatic rings. The Morgan fingerprint density at radius 1 is 1.40 bits per heavy atom. The SMILES string of the molecule is CCS(=O)(=O)Nc1c(C(=O)OC)[nH]c2ccc(C)cc12. The number of carbonyl (C=O) groups excluding carboxylic acids is 1. The predicted molar refractivity (Wildman–Crippen MR) is 77.5 cm³/mol. The molecule has 0 spiro atoms. The smallest absolute Gasteiger partial charge is 0.356 e. The number of rotatable bonds is 4. The molecule has 0 aliphatic carbocycles. The highest BCUT2D eigenvalue weighted by Gasteiger charge is 2.21. The van der Waals surface area contributed by atoms with Gasteiger partial charge in [-0.2, -0.15) is 0 Å². The third-order valence-electron chi connectivity index (χ3n) is 2.98. The molecule has 0 bridgehead atoms. The summed E-state index contributed by atoms with van der Waals surface area (Å²) >= 11 is 0. The lowest BCUT2D eigenvalue weighted by Gasteiger charge is -2.07. The highest BCUT2D eigenvalue weighted by Crippen LogP contribution is 2.30. The molecule has 0 saturated carbocycles. The van der Waals surface area contributed by atoms with Crippen LogP contribution in [-0.2, 0) is 14.8 Å². The van der Waals surface area contributed by atoms with Crippen molar-refractivity contribution < 1.29 is 17.9 Å². The number of methoxy groups -OCH3 is 1. The zero-order valence-electron chi connectivity index (χ0n) is 11.5. The molecule has 0 aliphatic heterocycles. The fourth-order valence-corrected chi connectivity index (χ4v) is 2.56. The average Bonchev–Trinajstić information content (AvgIpc) is 2.76. The van der Waals surface area contributed by atoms with Crippen molar-refractivity contribution in [3.05, 3.63) is 29.5 Å². The van der Waals surface area contributed by atoms with Gasteiger partial charge in [0.2, 0.25) is 10.0 Å². The molecule has 0 unspecified atom stereocenters. The summed E-state index contributed by atoms with van der Waals surface area (Å²) in [5.41, 5.74) is 1.97. The van der Waals surface area contributed by atoms with E-state index in [4.69, 9.17) is 0 Å². The van der Waals surface area contributed by atoms with Gasteiger partial charge in [0.1, 0.15) is 0 Å². The van der Waals surface area contributed by atoms with Crippen LogP contribution in [0.2, 0.25) is 0 Å². The first-order chi connectivity index (χ1) is 9.38. The van der Waals surface area contributed by atoms with Crippen LogP contribution in [-0.4, -0.2) is 32.2 Å². The highest BCUT2D eigenvalue weighted by atomic mass is 32.2. The minimum absolute atomic E-state index is 0.0773. The number of nitrogens with one attached hydrogen (secondary N) is 2. The van der Waals surface area contributed by atoms with Crippen LogP contribution in [0.25, 0.3) is 10.9 Å². The molecule has 2 N–H and O–H groups in total. The number of aromatic amines is 1. The lowest BCUT2D eigenvalue weighted by atomic mass is 10.1. The molecule has 7 heteroatoms. The van der Waals surface area contributed by atoms with Crippen molar-refractivity contribution in [3.8, 4) is 0 Å². The second-order valence-electron chi connectivity index (χ2n) is 4.42. The van der Waals surface area contributed by atoms with Gasteiger partial charge in [0.25, 0.3) is 0 Å². The maximum absolute atomic E-state index is 11.8. The number of ether oxygens (including phenoxy) is 1. The van der Waals surface area contributed by atoms with E-state index in [2.05, 4.69) is 14.4 Å². The van der Waals surface area contributed by atoms with Crippen LogP contribution in [0.4, 0.5) is 5.69 Å². The molecule has 20 heavy (non-hydrogen) atoms. The van der Waals surface area contributed by atoms with Gasteiger partial charge in [-0.25, -0.2) is 13.2 Å². The van der Waals surface area contributed by atoms with E-state index in [0.29, 0.717) is 10.9 Å². The Morgan fingerprint density at radius 2 is 2.10 bits per heavy atom. The highest BCUT2D eigenvalue weighted by molar-refractivity contribution is 7.92. The lowest BCUT2D eigenvalue weighted by Crippen LogP contribution is -2.17. The van der Waals surface area contributed by atoms with Crippen molar-refractivity contribution >= 4 is 32.6 Å². The number of fused-ring (bicyclic) bond motifs is 1. The number of anilines is 1. The molecular formula is C13H16N2O4S. The van der Waals surface area contributed by atoms with Crippen molar-refractivity contribution in [1.82, 2.24) is 4.98 Å². The second-order valence-corrected chi connectivity index (χ2v) is 6.43. The number of aromatic nitrogens is 1. The normalized spacial score (nSPS) is 11.6. The third-order valence-corrected chi connectivity index (χ3v) is 4.26. The molecule has 6 nitrogen and oxygen atoms in total. The first-order valence-corrected chi connectivity index (χ1v) is 7.74. The van der Waals surface area contributed by atoms with E-state index >= 15 is 0 Å². The minimum Gasteiger partial charge on any atom is -0.464 e. The summed E-state index contributed by atoms with van der Waals surface area (Å²) in [6.07, 6.45) is 0. The van der Waals surface area contributed by atoms with Gasteiger partial charge in [0.15, 0.2) is 5.69 Å². The Bertz CT molecular complexity index is 762. The zero-order valence-corrected chi connectivity index (χ0v) is 12.3. The van der Waals surface area contributed by atoms with Crippen LogP contribution in [0, 0.1) is 6.92 Å². The third kappa shape index (κ3) is 2.62. The molecule has 0 atom stereocenters. The van der Waals surface area contributed by atoms with E-state index in [1.54, 1.807) is 6.07 Å². The minimum atomic E-state index is -3.49. The van der Waals surface area contributed by atoms with Gasteiger partial charge in [0, 0.05) is 10.9 Å². The fraction of sp³-hybridized carbons (Fsp3) is 0.308. The van der Waals surface area contributed by atoms with Crippen molar-refractivity contribution in [3.63, 3.8) is 0 Å². The monoisotopic (exact) mass is 296 g/mol. The van der Waals surface area contributed by atoms with Crippen molar-refractivity contribution in [2.45, 2.75) is 13.8 Å². The maximum Gasteiger partial charge on any atom is 0.356 e. The van der Waals surface area contributed by atoms with Crippen LogP contribution < -0.4 is 4.72 Å². The van der Waals surface area contributed by atoms with Crippen molar-refractivity contribution in [2.75, 3.05) is 17.6 Å². The number of hydrogen-bond donors (Lipinski definition) is 2. The molecule has 1 heterocycles. The molecule has 2 aromatic rings. The predicted octanol–water partition coefficient (Wildman–Crippen LogP) is 2.02. The lowest BCUT2D eigenvalue weighted by molar-refractivity contribution is 0.0596. The summed E-state index contributed by atoms with van der Waals surface area (Å²) in [4.78, 5) is 14.7. The summed E-state index contributed by atoms with van der Waals surface area (Å²) < 4.78 is 30.7. The summed E-state index contributed by atoms with van der Waals surface area (Å²) in [6.45, 7) is 3.42. The van der Waals surface area contributed by atoms with Gasteiger partial charge in [-0.3, -0.25) is 4.72 Å². The van der Waals surface area contributed by atoms with E-state index in [9.17, 15) is 13.2 Å². The number of aryl methyl sites for hydroxylation is 1. The summed E-state index contributed by atoms with van der Waals surface area (Å²) in [6, 6.07) is 5.48. The van der Waals surface area contributed by atoms with E-state index in [-0.39, 0.29) is 17.1 Å². The van der Waals surface area contributed by atoms with Crippen LogP contribution in [0.1, 0.15) is 23.0 Å². The molecule has 1 aromatic heterocycles. The average molecular weight is 296 g/mol. The van der Waals surface area contributed by atoms with Crippen molar-refractivity contribution in [1.29, 1.82) is 0 Å². The topological polar surface area (TPSA) is 88.3 Å². The molecule has 0 fully saturated rings. The van der Waals surface area contributed by atoms with Crippen LogP contribution in [0.15, 0.2) is 18.2 Å².